The normalized spacial score (nSPS) is 24.7. The first-order valence-electron chi connectivity index (χ1n) is 6.91. The largest absolute Gasteiger partial charge is 0.496 e. The monoisotopic (exact) mass is 266 g/mol. The van der Waals surface area contributed by atoms with Gasteiger partial charge >= 0.3 is 0 Å². The maximum absolute atomic E-state index is 6.39. The van der Waals surface area contributed by atoms with Crippen molar-refractivity contribution in [1.29, 1.82) is 0 Å². The van der Waals surface area contributed by atoms with E-state index in [4.69, 9.17) is 16.3 Å². The summed E-state index contributed by atoms with van der Waals surface area (Å²) in [4.78, 5) is 0. The van der Waals surface area contributed by atoms with Crippen molar-refractivity contribution < 1.29 is 4.74 Å². The van der Waals surface area contributed by atoms with E-state index < -0.39 is 0 Å². The van der Waals surface area contributed by atoms with E-state index in [1.54, 1.807) is 7.11 Å². The molecule has 18 heavy (non-hydrogen) atoms. The minimum atomic E-state index is 0.347. The van der Waals surface area contributed by atoms with Crippen LogP contribution in [-0.2, 0) is 0 Å². The number of benzene rings is 1. The van der Waals surface area contributed by atoms with Gasteiger partial charge < -0.3 is 4.74 Å². The zero-order valence-electron chi connectivity index (χ0n) is 11.6. The number of hydrogen-bond donors (Lipinski definition) is 0. The number of methoxy groups -OCH3 is 1. The Morgan fingerprint density at radius 2 is 1.83 bits per heavy atom. The lowest BCUT2D eigenvalue weighted by Gasteiger charge is -2.20. The van der Waals surface area contributed by atoms with Crippen LogP contribution in [0.5, 0.6) is 5.75 Å². The second-order valence-electron chi connectivity index (χ2n) is 5.49. The summed E-state index contributed by atoms with van der Waals surface area (Å²) in [5.41, 5.74) is 4.04. The standard InChI is InChI=1S/C16H23ClO/c1-11-9-16(18-3)12(2)8-15(11)13-6-4-5-7-14(17)10-13/h8-9,13-14H,4-7,10H2,1-3H3. The third-order valence-corrected chi connectivity index (χ3v) is 4.48. The van der Waals surface area contributed by atoms with Crippen molar-refractivity contribution in [3.8, 4) is 5.75 Å². The van der Waals surface area contributed by atoms with Gasteiger partial charge in [-0.2, -0.15) is 0 Å². The second-order valence-corrected chi connectivity index (χ2v) is 6.11. The maximum atomic E-state index is 6.39. The quantitative estimate of drug-likeness (QED) is 0.543. The molecular weight excluding hydrogens is 244 g/mol. The van der Waals surface area contributed by atoms with Gasteiger partial charge in [0.2, 0.25) is 0 Å². The zero-order valence-corrected chi connectivity index (χ0v) is 12.4. The Morgan fingerprint density at radius 3 is 2.56 bits per heavy atom. The summed E-state index contributed by atoms with van der Waals surface area (Å²) >= 11 is 6.39. The Balaban J connectivity index is 2.29. The molecule has 1 aliphatic rings. The second kappa shape index (κ2) is 5.97. The minimum Gasteiger partial charge on any atom is -0.496 e. The van der Waals surface area contributed by atoms with Gasteiger partial charge in [0.15, 0.2) is 0 Å². The van der Waals surface area contributed by atoms with Crippen LogP contribution in [-0.4, -0.2) is 12.5 Å². The van der Waals surface area contributed by atoms with Gasteiger partial charge in [-0.1, -0.05) is 18.9 Å². The number of hydrogen-bond acceptors (Lipinski definition) is 1. The van der Waals surface area contributed by atoms with Crippen molar-refractivity contribution in [2.75, 3.05) is 7.11 Å². The highest BCUT2D eigenvalue weighted by atomic mass is 35.5. The van der Waals surface area contributed by atoms with Gasteiger partial charge in [0.25, 0.3) is 0 Å². The summed E-state index contributed by atoms with van der Waals surface area (Å²) < 4.78 is 5.39. The van der Waals surface area contributed by atoms with Gasteiger partial charge in [-0.15, -0.1) is 11.6 Å². The Hall–Kier alpha value is -0.690. The highest BCUT2D eigenvalue weighted by molar-refractivity contribution is 6.20. The Morgan fingerprint density at radius 1 is 1.11 bits per heavy atom. The highest BCUT2D eigenvalue weighted by Gasteiger charge is 2.22. The molecule has 2 rings (SSSR count). The van der Waals surface area contributed by atoms with Gasteiger partial charge in [0, 0.05) is 5.38 Å². The molecule has 100 valence electrons. The predicted octanol–water partition coefficient (Wildman–Crippen LogP) is 4.97. The molecule has 2 atom stereocenters. The molecule has 0 amide bonds. The molecule has 0 radical (unpaired) electrons. The summed E-state index contributed by atoms with van der Waals surface area (Å²) in [5.74, 6) is 1.62. The molecule has 1 saturated carbocycles. The molecule has 1 nitrogen and oxygen atoms in total. The summed E-state index contributed by atoms with van der Waals surface area (Å²) in [5, 5.41) is 0.347. The van der Waals surface area contributed by atoms with Crippen LogP contribution >= 0.6 is 11.6 Å². The van der Waals surface area contributed by atoms with E-state index in [1.807, 2.05) is 0 Å². The molecule has 0 saturated heterocycles. The average molecular weight is 267 g/mol. The van der Waals surface area contributed by atoms with Crippen molar-refractivity contribution in [3.63, 3.8) is 0 Å². The number of halogens is 1. The van der Waals surface area contributed by atoms with Gasteiger partial charge in [0.05, 0.1) is 7.11 Å². The zero-order chi connectivity index (χ0) is 13.1. The lowest BCUT2D eigenvalue weighted by molar-refractivity contribution is 0.411. The van der Waals surface area contributed by atoms with Crippen LogP contribution < -0.4 is 4.74 Å². The van der Waals surface area contributed by atoms with E-state index in [1.165, 1.54) is 42.4 Å². The summed E-state index contributed by atoms with van der Waals surface area (Å²) in [6.07, 6.45) is 6.15. The molecular formula is C16H23ClO. The van der Waals surface area contributed by atoms with Gasteiger partial charge in [-0.05, 0) is 61.8 Å². The molecule has 1 aromatic rings. The Labute approximate surface area is 115 Å². The molecule has 0 heterocycles. The molecule has 2 unspecified atom stereocenters. The van der Waals surface area contributed by atoms with E-state index in [-0.39, 0.29) is 0 Å². The molecule has 1 aromatic carbocycles. The summed E-state index contributed by atoms with van der Waals surface area (Å²) in [6.45, 7) is 4.31. The third-order valence-electron chi connectivity index (χ3n) is 4.08. The molecule has 0 aromatic heterocycles. The van der Waals surface area contributed by atoms with Gasteiger partial charge in [-0.3, -0.25) is 0 Å². The molecule has 0 N–H and O–H groups in total. The van der Waals surface area contributed by atoms with Crippen molar-refractivity contribution in [3.05, 3.63) is 28.8 Å². The van der Waals surface area contributed by atoms with Crippen LogP contribution in [0.4, 0.5) is 0 Å². The maximum Gasteiger partial charge on any atom is 0.122 e. The highest BCUT2D eigenvalue weighted by Crippen LogP contribution is 2.37. The number of aryl methyl sites for hydroxylation is 2. The smallest absolute Gasteiger partial charge is 0.122 e. The van der Waals surface area contributed by atoms with Gasteiger partial charge in [-0.25, -0.2) is 0 Å². The van der Waals surface area contributed by atoms with Crippen LogP contribution in [0.25, 0.3) is 0 Å². The van der Waals surface area contributed by atoms with Crippen LogP contribution in [0.2, 0.25) is 0 Å². The lowest BCUT2D eigenvalue weighted by Crippen LogP contribution is -2.06. The van der Waals surface area contributed by atoms with Crippen molar-refractivity contribution in [2.24, 2.45) is 0 Å². The fourth-order valence-corrected chi connectivity index (χ4v) is 3.42. The summed E-state index contributed by atoms with van der Waals surface area (Å²) in [7, 11) is 1.74. The predicted molar refractivity (Wildman–Crippen MR) is 77.9 cm³/mol. The fraction of sp³-hybridized carbons (Fsp3) is 0.625. The topological polar surface area (TPSA) is 9.23 Å². The molecule has 0 aliphatic heterocycles. The number of alkyl halides is 1. The Kier molecular flexibility index (Phi) is 4.55. The van der Waals surface area contributed by atoms with Crippen LogP contribution in [0.1, 0.15) is 54.7 Å². The lowest BCUT2D eigenvalue weighted by atomic mass is 9.87. The average Bonchev–Trinajstić information content (AvgIpc) is 2.56. The van der Waals surface area contributed by atoms with Crippen LogP contribution in [0.3, 0.4) is 0 Å². The van der Waals surface area contributed by atoms with Gasteiger partial charge in [0.1, 0.15) is 5.75 Å². The third kappa shape index (κ3) is 3.00. The first-order chi connectivity index (χ1) is 8.61. The van der Waals surface area contributed by atoms with E-state index >= 15 is 0 Å². The molecule has 0 spiro atoms. The van der Waals surface area contributed by atoms with E-state index in [0.29, 0.717) is 11.3 Å². The van der Waals surface area contributed by atoms with Crippen molar-refractivity contribution >= 4 is 11.6 Å². The van der Waals surface area contributed by atoms with Crippen molar-refractivity contribution in [2.45, 2.75) is 57.2 Å². The number of ether oxygens (including phenoxy) is 1. The number of rotatable bonds is 2. The van der Waals surface area contributed by atoms with Crippen molar-refractivity contribution in [1.82, 2.24) is 0 Å². The SMILES string of the molecule is COc1cc(C)c(C2CCCCC(Cl)C2)cc1C. The molecule has 1 aliphatic carbocycles. The van der Waals surface area contributed by atoms with E-state index in [2.05, 4.69) is 26.0 Å². The summed E-state index contributed by atoms with van der Waals surface area (Å²) in [6, 6.07) is 4.46. The van der Waals surface area contributed by atoms with Crippen LogP contribution in [0.15, 0.2) is 12.1 Å². The van der Waals surface area contributed by atoms with E-state index in [0.717, 1.165) is 12.2 Å². The first kappa shape index (κ1) is 13.7. The minimum absolute atomic E-state index is 0.347. The van der Waals surface area contributed by atoms with Crippen LogP contribution in [0, 0.1) is 13.8 Å². The Bertz CT molecular complexity index is 414. The fourth-order valence-electron chi connectivity index (χ4n) is 3.06. The van der Waals surface area contributed by atoms with E-state index in [9.17, 15) is 0 Å². The molecule has 0 bridgehead atoms. The molecule has 1 fully saturated rings. The first-order valence-corrected chi connectivity index (χ1v) is 7.34. The molecule has 2 heteroatoms.